The van der Waals surface area contributed by atoms with Crippen LogP contribution in [-0.4, -0.2) is 21.4 Å². The minimum absolute atomic E-state index is 0.0663. The van der Waals surface area contributed by atoms with E-state index in [-0.39, 0.29) is 11.0 Å². The van der Waals surface area contributed by atoms with Crippen LogP contribution in [0.25, 0.3) is 11.4 Å². The van der Waals surface area contributed by atoms with Gasteiger partial charge in [0.05, 0.1) is 0 Å². The van der Waals surface area contributed by atoms with E-state index in [1.165, 1.54) is 23.9 Å². The van der Waals surface area contributed by atoms with Crippen LogP contribution in [0.4, 0.5) is 8.78 Å². The molecular weight excluding hydrogens is 380 g/mol. The minimum atomic E-state index is -2.82. The van der Waals surface area contributed by atoms with E-state index in [1.54, 1.807) is 12.1 Å². The Labute approximate surface area is 159 Å². The molecule has 2 aromatic carbocycles. The second-order valence-electron chi connectivity index (χ2n) is 5.58. The molecule has 3 aromatic rings. The molecule has 26 heavy (non-hydrogen) atoms. The lowest BCUT2D eigenvalue weighted by atomic mass is 10.2. The molecule has 1 unspecified atom stereocenters. The van der Waals surface area contributed by atoms with Gasteiger partial charge in [-0.1, -0.05) is 35.5 Å². The molecule has 1 aromatic heterocycles. The van der Waals surface area contributed by atoms with Crippen molar-refractivity contribution < 1.29 is 13.5 Å². The molecule has 1 heterocycles. The Bertz CT molecular complexity index is 869. The summed E-state index contributed by atoms with van der Waals surface area (Å²) in [5.74, 6) is 0.890. The molecule has 8 heteroatoms. The molecule has 0 aliphatic rings. The van der Waals surface area contributed by atoms with Gasteiger partial charge in [0, 0.05) is 22.9 Å². The third-order valence-electron chi connectivity index (χ3n) is 3.79. The normalized spacial score (nSPS) is 12.4. The fourth-order valence-electron chi connectivity index (χ4n) is 2.41. The van der Waals surface area contributed by atoms with Gasteiger partial charge in [-0.3, -0.25) is 0 Å². The van der Waals surface area contributed by atoms with Crippen LogP contribution in [0.1, 0.15) is 17.7 Å². The van der Waals surface area contributed by atoms with Crippen LogP contribution in [0, 0.1) is 0 Å². The molecule has 0 amide bonds. The maximum Gasteiger partial charge on any atom is 0.387 e. The van der Waals surface area contributed by atoms with Gasteiger partial charge in [0.25, 0.3) is 0 Å². The molecule has 3 rings (SSSR count). The Balaban J connectivity index is 1.73. The zero-order chi connectivity index (χ0) is 18.7. The zero-order valence-electron chi connectivity index (χ0n) is 14.1. The number of rotatable bonds is 6. The Kier molecular flexibility index (Phi) is 5.78. The van der Waals surface area contributed by atoms with E-state index in [1.807, 2.05) is 42.8 Å². The van der Waals surface area contributed by atoms with Crippen molar-refractivity contribution in [2.45, 2.75) is 23.9 Å². The highest BCUT2D eigenvalue weighted by Gasteiger charge is 2.16. The largest absolute Gasteiger partial charge is 0.435 e. The predicted molar refractivity (Wildman–Crippen MR) is 98.8 cm³/mol. The van der Waals surface area contributed by atoms with Gasteiger partial charge < -0.3 is 9.30 Å². The summed E-state index contributed by atoms with van der Waals surface area (Å²) in [4.78, 5) is 0. The van der Waals surface area contributed by atoms with Gasteiger partial charge in [-0.05, 0) is 48.9 Å². The Morgan fingerprint density at radius 2 is 1.69 bits per heavy atom. The third-order valence-corrected chi connectivity index (χ3v) is 5.24. The summed E-state index contributed by atoms with van der Waals surface area (Å²) in [6.07, 6.45) is 0. The van der Waals surface area contributed by atoms with Crippen molar-refractivity contribution in [2.24, 2.45) is 7.05 Å². The number of halogens is 3. The highest BCUT2D eigenvalue weighted by atomic mass is 35.5. The molecule has 0 saturated carbocycles. The van der Waals surface area contributed by atoms with Gasteiger partial charge in [-0.25, -0.2) is 0 Å². The summed E-state index contributed by atoms with van der Waals surface area (Å²) in [5.41, 5.74) is 1.91. The van der Waals surface area contributed by atoms with Crippen molar-refractivity contribution in [2.75, 3.05) is 0 Å². The summed E-state index contributed by atoms with van der Waals surface area (Å²) >= 11 is 7.46. The summed E-state index contributed by atoms with van der Waals surface area (Å²) in [7, 11) is 1.90. The van der Waals surface area contributed by atoms with Crippen LogP contribution in [0.2, 0.25) is 5.02 Å². The molecular formula is C18H16ClF2N3OS. The number of hydrogen-bond acceptors (Lipinski definition) is 4. The van der Waals surface area contributed by atoms with E-state index in [2.05, 4.69) is 14.9 Å². The SMILES string of the molecule is CC(Sc1nnc(-c2ccc(Cl)cc2)n1C)c1ccc(OC(F)F)cc1. The molecule has 0 spiro atoms. The van der Waals surface area contributed by atoms with Gasteiger partial charge in [0.15, 0.2) is 11.0 Å². The summed E-state index contributed by atoms with van der Waals surface area (Å²) in [5, 5.41) is 10.0. The molecule has 0 aliphatic heterocycles. The third kappa shape index (κ3) is 4.34. The molecule has 136 valence electrons. The quantitative estimate of drug-likeness (QED) is 0.510. The first-order valence-electron chi connectivity index (χ1n) is 7.81. The second-order valence-corrected chi connectivity index (χ2v) is 7.32. The Morgan fingerprint density at radius 1 is 1.04 bits per heavy atom. The fraction of sp³-hybridized carbons (Fsp3) is 0.222. The van der Waals surface area contributed by atoms with E-state index in [4.69, 9.17) is 11.6 Å². The van der Waals surface area contributed by atoms with E-state index < -0.39 is 6.61 Å². The smallest absolute Gasteiger partial charge is 0.387 e. The number of benzene rings is 2. The van der Waals surface area contributed by atoms with Crippen LogP contribution >= 0.6 is 23.4 Å². The number of hydrogen-bond donors (Lipinski definition) is 0. The molecule has 0 N–H and O–H groups in total. The van der Waals surface area contributed by atoms with Crippen LogP contribution in [0.15, 0.2) is 53.7 Å². The lowest BCUT2D eigenvalue weighted by molar-refractivity contribution is -0.0498. The van der Waals surface area contributed by atoms with Crippen LogP contribution in [0.5, 0.6) is 5.75 Å². The van der Waals surface area contributed by atoms with Crippen molar-refractivity contribution in [3.8, 4) is 17.1 Å². The monoisotopic (exact) mass is 395 g/mol. The van der Waals surface area contributed by atoms with Gasteiger partial charge in [-0.15, -0.1) is 10.2 Å². The van der Waals surface area contributed by atoms with Crippen molar-refractivity contribution in [1.29, 1.82) is 0 Å². The maximum absolute atomic E-state index is 12.2. The highest BCUT2D eigenvalue weighted by Crippen LogP contribution is 2.35. The summed E-state index contributed by atoms with van der Waals surface area (Å²) in [6.45, 7) is -0.804. The first-order valence-corrected chi connectivity index (χ1v) is 9.06. The number of nitrogens with zero attached hydrogens (tertiary/aromatic N) is 3. The first-order chi connectivity index (χ1) is 12.4. The fourth-order valence-corrected chi connectivity index (χ4v) is 3.48. The van der Waals surface area contributed by atoms with Gasteiger partial charge in [-0.2, -0.15) is 8.78 Å². The van der Waals surface area contributed by atoms with Gasteiger partial charge in [0.1, 0.15) is 5.75 Å². The van der Waals surface area contributed by atoms with Crippen molar-refractivity contribution in [3.63, 3.8) is 0 Å². The average Bonchev–Trinajstić information content (AvgIpc) is 2.96. The average molecular weight is 396 g/mol. The van der Waals surface area contributed by atoms with Crippen LogP contribution in [-0.2, 0) is 7.05 Å². The Hall–Kier alpha value is -2.12. The predicted octanol–water partition coefficient (Wildman–Crippen LogP) is 5.59. The lowest BCUT2D eigenvalue weighted by Crippen LogP contribution is -2.02. The van der Waals surface area contributed by atoms with E-state index in [0.29, 0.717) is 5.02 Å². The lowest BCUT2D eigenvalue weighted by Gasteiger charge is -2.12. The van der Waals surface area contributed by atoms with E-state index in [0.717, 1.165) is 22.1 Å². The molecule has 0 fully saturated rings. The van der Waals surface area contributed by atoms with Crippen molar-refractivity contribution in [3.05, 3.63) is 59.1 Å². The van der Waals surface area contributed by atoms with Crippen LogP contribution in [0.3, 0.4) is 0 Å². The van der Waals surface area contributed by atoms with Crippen molar-refractivity contribution >= 4 is 23.4 Å². The number of ether oxygens (including phenoxy) is 1. The Morgan fingerprint density at radius 3 is 2.31 bits per heavy atom. The van der Waals surface area contributed by atoms with E-state index in [9.17, 15) is 8.78 Å². The number of aromatic nitrogens is 3. The summed E-state index contributed by atoms with van der Waals surface area (Å²) in [6, 6.07) is 14.0. The van der Waals surface area contributed by atoms with Crippen LogP contribution < -0.4 is 4.74 Å². The molecule has 0 aliphatic carbocycles. The first kappa shape index (κ1) is 18.7. The van der Waals surface area contributed by atoms with Gasteiger partial charge in [0.2, 0.25) is 0 Å². The molecule has 0 saturated heterocycles. The number of thioether (sulfide) groups is 1. The standard InChI is InChI=1S/C18H16ClF2N3OS/c1-11(12-5-9-15(10-6-12)25-17(20)21)26-18-23-22-16(24(18)2)13-3-7-14(19)8-4-13/h3-11,17H,1-2H3. The molecule has 4 nitrogen and oxygen atoms in total. The second kappa shape index (κ2) is 8.05. The minimum Gasteiger partial charge on any atom is -0.435 e. The van der Waals surface area contributed by atoms with Crippen molar-refractivity contribution in [1.82, 2.24) is 14.8 Å². The van der Waals surface area contributed by atoms with E-state index >= 15 is 0 Å². The zero-order valence-corrected chi connectivity index (χ0v) is 15.6. The molecule has 1 atom stereocenters. The maximum atomic E-state index is 12.2. The topological polar surface area (TPSA) is 39.9 Å². The number of alkyl halides is 2. The van der Waals surface area contributed by atoms with Gasteiger partial charge >= 0.3 is 6.61 Å². The summed E-state index contributed by atoms with van der Waals surface area (Å²) < 4.78 is 30.7. The molecule has 0 bridgehead atoms. The molecule has 0 radical (unpaired) electrons. The highest BCUT2D eigenvalue weighted by molar-refractivity contribution is 7.99.